The second-order valence-corrected chi connectivity index (χ2v) is 23.4. The molecule has 8 heterocycles. The van der Waals surface area contributed by atoms with Gasteiger partial charge in [0, 0.05) is 49.7 Å². The molecule has 6 aromatic rings. The van der Waals surface area contributed by atoms with Gasteiger partial charge in [0.1, 0.15) is 34.1 Å². The molecule has 2 atom stereocenters. The van der Waals surface area contributed by atoms with Crippen LogP contribution in [0.2, 0.25) is 10.0 Å². The minimum Gasteiger partial charge on any atom is -0.486 e. The molecule has 4 aromatic heterocycles. The minimum absolute atomic E-state index is 0.00898. The Bertz CT molecular complexity index is 3130. The maximum Gasteiger partial charge on any atom is 0.239 e. The van der Waals surface area contributed by atoms with Crippen molar-refractivity contribution in [3.8, 4) is 23.4 Å². The number of aromatic nitrogens is 8. The van der Waals surface area contributed by atoms with E-state index in [2.05, 4.69) is 30.4 Å². The highest BCUT2D eigenvalue weighted by Gasteiger charge is 2.45. The molecule has 4 aliphatic heterocycles. The highest BCUT2D eigenvalue weighted by molar-refractivity contribution is 7.91. The summed E-state index contributed by atoms with van der Waals surface area (Å²) in [5.41, 5.74) is 3.42. The van der Waals surface area contributed by atoms with Crippen LogP contribution in [-0.2, 0) is 38.6 Å². The van der Waals surface area contributed by atoms with Gasteiger partial charge in [-0.1, -0.05) is 23.2 Å². The van der Waals surface area contributed by atoms with E-state index >= 15 is 0 Å². The lowest BCUT2D eigenvalue weighted by atomic mass is 10.1. The molecule has 10 rings (SSSR count). The number of anilines is 4. The van der Waals surface area contributed by atoms with Crippen LogP contribution < -0.4 is 29.9 Å². The Morgan fingerprint density at radius 2 is 1.06 bits per heavy atom. The van der Waals surface area contributed by atoms with Gasteiger partial charge in [0.2, 0.25) is 23.8 Å². The van der Waals surface area contributed by atoms with Crippen LogP contribution >= 0.6 is 23.2 Å². The Balaban J connectivity index is 0.000000166. The van der Waals surface area contributed by atoms with Crippen LogP contribution in [0.25, 0.3) is 34.0 Å². The van der Waals surface area contributed by atoms with Crippen molar-refractivity contribution in [2.45, 2.75) is 49.3 Å². The number of fused-ring (bicyclic) bond motifs is 8. The first-order chi connectivity index (χ1) is 31.2. The number of ether oxygens (including phenoxy) is 4. The Morgan fingerprint density at radius 3 is 1.55 bits per heavy atom. The van der Waals surface area contributed by atoms with Gasteiger partial charge in [0.05, 0.1) is 60.6 Å². The van der Waals surface area contributed by atoms with Gasteiger partial charge in [-0.2, -0.15) is 9.97 Å². The summed E-state index contributed by atoms with van der Waals surface area (Å²) in [4.78, 5) is 32.7. The molecule has 0 radical (unpaired) electrons. The highest BCUT2D eigenvalue weighted by atomic mass is 35.5. The number of hydrogen-bond acceptors (Lipinski definition) is 18. The second kappa shape index (κ2) is 16.8. The Labute approximate surface area is 391 Å². The van der Waals surface area contributed by atoms with Gasteiger partial charge >= 0.3 is 0 Å². The van der Waals surface area contributed by atoms with E-state index in [1.807, 2.05) is 12.1 Å². The molecule has 352 valence electrons. The highest BCUT2D eigenvalue weighted by Crippen LogP contribution is 2.45. The fourth-order valence-electron chi connectivity index (χ4n) is 8.22. The van der Waals surface area contributed by atoms with Crippen LogP contribution in [0.4, 0.5) is 23.5 Å². The largest absolute Gasteiger partial charge is 0.486 e. The average Bonchev–Trinajstić information content (AvgIpc) is 3.85. The van der Waals surface area contributed by atoms with Crippen LogP contribution in [0.3, 0.4) is 0 Å². The first kappa shape index (κ1) is 45.9. The van der Waals surface area contributed by atoms with Crippen molar-refractivity contribution in [2.24, 2.45) is 0 Å². The molecule has 20 nitrogen and oxygen atoms in total. The zero-order valence-electron chi connectivity index (χ0n) is 37.6. The van der Waals surface area contributed by atoms with Crippen LogP contribution in [0.15, 0.2) is 36.4 Å². The van der Waals surface area contributed by atoms with Crippen molar-refractivity contribution in [1.29, 1.82) is 0 Å². The summed E-state index contributed by atoms with van der Waals surface area (Å²) < 4.78 is 75.4. The number of hydrogen-bond donors (Lipinski definition) is 2. The lowest BCUT2D eigenvalue weighted by Gasteiger charge is -2.41. The van der Waals surface area contributed by atoms with Gasteiger partial charge in [0.15, 0.2) is 42.8 Å². The summed E-state index contributed by atoms with van der Waals surface area (Å²) >= 11 is 12.5. The fourth-order valence-corrected chi connectivity index (χ4v) is 9.53. The SMILES string of the molecule is CNc1nc2cc(Cl)ccc2n1-c1nc2c(c(C(C)(C)S(C)(=O)=O)n1)OC[C@@H]1COCCN21.CNc1nc2ccc(Cl)cc2n1-c1nc2c(c(C(C)(C)S(C)(=O)=O)n1)OC[C@@H]1COCCN21. The maximum atomic E-state index is 12.8. The predicted molar refractivity (Wildman–Crippen MR) is 253 cm³/mol. The van der Waals surface area contributed by atoms with Crippen molar-refractivity contribution in [3.63, 3.8) is 0 Å². The van der Waals surface area contributed by atoms with Crippen molar-refractivity contribution >= 4 is 88.5 Å². The lowest BCUT2D eigenvalue weighted by Crippen LogP contribution is -2.52. The van der Waals surface area contributed by atoms with E-state index < -0.39 is 29.2 Å². The van der Waals surface area contributed by atoms with E-state index in [0.29, 0.717) is 132 Å². The average molecular weight is 986 g/mol. The number of imidazole rings is 2. The summed E-state index contributed by atoms with van der Waals surface area (Å²) in [5.74, 6) is 3.49. The number of nitrogens with zero attached hydrogens (tertiary/aromatic N) is 10. The molecular formula is C42H50Cl2N12O8S2. The van der Waals surface area contributed by atoms with Crippen molar-refractivity contribution in [3.05, 3.63) is 57.8 Å². The van der Waals surface area contributed by atoms with Gasteiger partial charge in [-0.05, 0) is 64.1 Å². The van der Waals surface area contributed by atoms with Gasteiger partial charge < -0.3 is 39.4 Å². The van der Waals surface area contributed by atoms with Crippen molar-refractivity contribution in [2.75, 3.05) is 99.8 Å². The van der Waals surface area contributed by atoms with Crippen LogP contribution in [0.5, 0.6) is 11.5 Å². The van der Waals surface area contributed by atoms with Crippen LogP contribution in [-0.4, -0.2) is 147 Å². The van der Waals surface area contributed by atoms with Crippen LogP contribution in [0.1, 0.15) is 39.1 Å². The number of nitrogens with one attached hydrogen (secondary N) is 2. The van der Waals surface area contributed by atoms with E-state index in [4.69, 9.17) is 62.1 Å². The molecule has 0 unspecified atom stereocenters. The summed E-state index contributed by atoms with van der Waals surface area (Å²) in [6.45, 7) is 10.6. The molecule has 0 saturated carbocycles. The first-order valence-electron chi connectivity index (χ1n) is 21.1. The maximum absolute atomic E-state index is 12.8. The summed E-state index contributed by atoms with van der Waals surface area (Å²) in [6.07, 6.45) is 2.40. The second-order valence-electron chi connectivity index (χ2n) is 17.4. The molecule has 2 aromatic carbocycles. The Morgan fingerprint density at radius 1 is 0.606 bits per heavy atom. The summed E-state index contributed by atoms with van der Waals surface area (Å²) in [5, 5.41) is 7.25. The molecule has 2 N–H and O–H groups in total. The molecule has 0 bridgehead atoms. The predicted octanol–water partition coefficient (Wildman–Crippen LogP) is 4.78. The third kappa shape index (κ3) is 7.77. The quantitative estimate of drug-likeness (QED) is 0.210. The fraction of sp³-hybridized carbons (Fsp3) is 0.476. The van der Waals surface area contributed by atoms with E-state index in [0.717, 1.165) is 5.52 Å². The van der Waals surface area contributed by atoms with E-state index in [-0.39, 0.29) is 18.0 Å². The monoisotopic (exact) mass is 984 g/mol. The Kier molecular flexibility index (Phi) is 11.7. The molecule has 0 aliphatic carbocycles. The standard InChI is InChI=1S/2C21H25ClN6O4S/c1-21(2,33(4,29)30)17-16-18(27-7-8-31-10-13(27)11-32-16)26-20(25-17)28-15-6-5-12(22)9-14(15)24-19(28)23-3;1-21(2,33(4,29)30)17-16-18(27-7-8-31-10-13(27)11-32-16)26-20(25-17)28-15-9-12(22)5-6-14(15)24-19(28)23-3/h2*5-6,9,13H,7-8,10-11H2,1-4H3,(H,23,24)/t2*13-/m00/s1. The van der Waals surface area contributed by atoms with Crippen molar-refractivity contribution < 1.29 is 35.8 Å². The molecule has 4 aliphatic rings. The van der Waals surface area contributed by atoms with E-state index in [9.17, 15) is 16.8 Å². The molecule has 24 heteroatoms. The first-order valence-corrected chi connectivity index (χ1v) is 25.7. The van der Waals surface area contributed by atoms with Gasteiger partial charge in [0.25, 0.3) is 0 Å². The third-order valence-corrected chi connectivity index (χ3v) is 17.2. The molecule has 2 fully saturated rings. The van der Waals surface area contributed by atoms with E-state index in [1.165, 1.54) is 12.5 Å². The normalized spacial score (nSPS) is 18.6. The van der Waals surface area contributed by atoms with Gasteiger partial charge in [-0.15, -0.1) is 0 Å². The third-order valence-electron chi connectivity index (χ3n) is 12.6. The van der Waals surface area contributed by atoms with Gasteiger partial charge in [-0.3, -0.25) is 0 Å². The minimum atomic E-state index is -3.54. The van der Waals surface area contributed by atoms with Crippen molar-refractivity contribution in [1.82, 2.24) is 39.0 Å². The zero-order chi connectivity index (χ0) is 47.1. The molecule has 66 heavy (non-hydrogen) atoms. The van der Waals surface area contributed by atoms with Crippen LogP contribution in [0, 0.1) is 0 Å². The zero-order valence-corrected chi connectivity index (χ0v) is 40.7. The number of halogens is 2. The molecule has 2 saturated heterocycles. The number of benzene rings is 2. The lowest BCUT2D eigenvalue weighted by molar-refractivity contribution is 0.0690. The number of morpholine rings is 2. The molecular weight excluding hydrogens is 936 g/mol. The summed E-state index contributed by atoms with van der Waals surface area (Å²) in [7, 11) is -3.58. The molecule has 0 amide bonds. The number of sulfone groups is 2. The topological polar surface area (TPSA) is 223 Å². The number of rotatable bonds is 8. The smallest absolute Gasteiger partial charge is 0.239 e. The summed E-state index contributed by atoms with van der Waals surface area (Å²) in [6, 6.07) is 10.7. The Hall–Kier alpha value is -5.26. The van der Waals surface area contributed by atoms with E-state index in [1.54, 1.807) is 75.2 Å². The van der Waals surface area contributed by atoms with Gasteiger partial charge in [-0.25, -0.2) is 45.9 Å². The molecule has 0 spiro atoms.